The molecule has 2 aromatic carbocycles. The lowest BCUT2D eigenvalue weighted by molar-refractivity contribution is -0.0512. The van der Waals surface area contributed by atoms with Crippen molar-refractivity contribution < 1.29 is 23.0 Å². The Balaban J connectivity index is 2.18. The molecule has 0 bridgehead atoms. The molecule has 24 heavy (non-hydrogen) atoms. The fourth-order valence-corrected chi connectivity index (χ4v) is 2.14. The van der Waals surface area contributed by atoms with Gasteiger partial charge in [-0.05, 0) is 54.8 Å². The molecule has 5 heteroatoms. The van der Waals surface area contributed by atoms with E-state index in [0.29, 0.717) is 11.1 Å². The quantitative estimate of drug-likeness (QED) is 0.562. The number of allylic oxidation sites excluding steroid dienone is 1. The van der Waals surface area contributed by atoms with Gasteiger partial charge in [0.1, 0.15) is 0 Å². The van der Waals surface area contributed by atoms with Crippen LogP contribution in [0.4, 0.5) is 8.78 Å². The molecule has 2 rings (SSSR count). The number of hydrogen-bond acceptors (Lipinski definition) is 3. The molecule has 126 valence electrons. The van der Waals surface area contributed by atoms with Crippen LogP contribution >= 0.6 is 0 Å². The fourth-order valence-electron chi connectivity index (χ4n) is 2.14. The van der Waals surface area contributed by atoms with Gasteiger partial charge in [0.05, 0.1) is 7.11 Å². The first kappa shape index (κ1) is 17.7. The van der Waals surface area contributed by atoms with Crippen molar-refractivity contribution in [1.82, 2.24) is 0 Å². The van der Waals surface area contributed by atoms with Crippen LogP contribution in [0.2, 0.25) is 0 Å². The largest absolute Gasteiger partial charge is 0.493 e. The zero-order valence-electron chi connectivity index (χ0n) is 13.7. The van der Waals surface area contributed by atoms with Gasteiger partial charge in [0.2, 0.25) is 0 Å². The van der Waals surface area contributed by atoms with E-state index in [1.165, 1.54) is 25.3 Å². The summed E-state index contributed by atoms with van der Waals surface area (Å²) in [7, 11) is 1.36. The number of aryl methyl sites for hydroxylation is 2. The molecule has 0 fully saturated rings. The number of hydrogen-bond donors (Lipinski definition) is 0. The molecule has 0 saturated heterocycles. The minimum absolute atomic E-state index is 0.0508. The van der Waals surface area contributed by atoms with E-state index in [1.807, 2.05) is 26.0 Å². The summed E-state index contributed by atoms with van der Waals surface area (Å²) in [6.45, 7) is 1.00. The Kier molecular flexibility index (Phi) is 5.68. The molecule has 0 atom stereocenters. The lowest BCUT2D eigenvalue weighted by atomic mass is 10.0. The Morgan fingerprint density at radius 2 is 1.79 bits per heavy atom. The van der Waals surface area contributed by atoms with E-state index < -0.39 is 6.61 Å². The highest BCUT2D eigenvalue weighted by Gasteiger charge is 2.10. The van der Waals surface area contributed by atoms with E-state index in [1.54, 1.807) is 18.2 Å². The minimum Gasteiger partial charge on any atom is -0.493 e. The number of benzene rings is 2. The van der Waals surface area contributed by atoms with Crippen molar-refractivity contribution in [1.29, 1.82) is 0 Å². The topological polar surface area (TPSA) is 35.5 Å². The van der Waals surface area contributed by atoms with E-state index in [4.69, 9.17) is 4.74 Å². The second kappa shape index (κ2) is 7.73. The van der Waals surface area contributed by atoms with Crippen LogP contribution in [0.3, 0.4) is 0 Å². The van der Waals surface area contributed by atoms with Gasteiger partial charge in [-0.15, -0.1) is 0 Å². The summed E-state index contributed by atoms with van der Waals surface area (Å²) in [5.74, 6) is -0.00816. The monoisotopic (exact) mass is 332 g/mol. The first-order chi connectivity index (χ1) is 11.4. The SMILES string of the molecule is COc1cc(/C=C/C(=O)c2ccc(C)c(C)c2)ccc1OC(F)F. The third-order valence-electron chi connectivity index (χ3n) is 3.62. The summed E-state index contributed by atoms with van der Waals surface area (Å²) in [5, 5.41) is 0. The smallest absolute Gasteiger partial charge is 0.387 e. The lowest BCUT2D eigenvalue weighted by Crippen LogP contribution is -2.03. The molecule has 0 N–H and O–H groups in total. The Bertz CT molecular complexity index is 767. The van der Waals surface area contributed by atoms with Gasteiger partial charge >= 0.3 is 6.61 Å². The second-order valence-corrected chi connectivity index (χ2v) is 5.29. The predicted octanol–water partition coefficient (Wildman–Crippen LogP) is 4.81. The third kappa shape index (κ3) is 4.41. The van der Waals surface area contributed by atoms with Crippen LogP contribution in [0, 0.1) is 13.8 Å². The number of methoxy groups -OCH3 is 1. The van der Waals surface area contributed by atoms with Crippen molar-refractivity contribution in [3.8, 4) is 11.5 Å². The first-order valence-electron chi connectivity index (χ1n) is 7.33. The van der Waals surface area contributed by atoms with Crippen LogP contribution in [0.1, 0.15) is 27.0 Å². The normalized spacial score (nSPS) is 11.1. The zero-order valence-corrected chi connectivity index (χ0v) is 13.7. The van der Waals surface area contributed by atoms with Crippen molar-refractivity contribution in [3.63, 3.8) is 0 Å². The minimum atomic E-state index is -2.92. The Labute approximate surface area is 139 Å². The van der Waals surface area contributed by atoms with Gasteiger partial charge in [-0.3, -0.25) is 4.79 Å². The van der Waals surface area contributed by atoms with E-state index in [-0.39, 0.29) is 17.3 Å². The van der Waals surface area contributed by atoms with E-state index in [0.717, 1.165) is 11.1 Å². The molecule has 0 unspecified atom stereocenters. The van der Waals surface area contributed by atoms with Crippen molar-refractivity contribution in [2.45, 2.75) is 20.5 Å². The van der Waals surface area contributed by atoms with Gasteiger partial charge in [0.25, 0.3) is 0 Å². The zero-order chi connectivity index (χ0) is 17.7. The maximum absolute atomic E-state index is 12.3. The molecule has 0 heterocycles. The van der Waals surface area contributed by atoms with E-state index >= 15 is 0 Å². The highest BCUT2D eigenvalue weighted by atomic mass is 19.3. The first-order valence-corrected chi connectivity index (χ1v) is 7.33. The highest BCUT2D eigenvalue weighted by Crippen LogP contribution is 2.29. The number of halogens is 2. The van der Waals surface area contributed by atoms with Gasteiger partial charge in [0.15, 0.2) is 17.3 Å². The van der Waals surface area contributed by atoms with Gasteiger partial charge in [-0.25, -0.2) is 0 Å². The molecule has 0 saturated carbocycles. The van der Waals surface area contributed by atoms with Gasteiger partial charge in [-0.1, -0.05) is 24.3 Å². The summed E-state index contributed by atoms with van der Waals surface area (Å²) in [6.07, 6.45) is 3.04. The summed E-state index contributed by atoms with van der Waals surface area (Å²) in [5.41, 5.74) is 3.41. The maximum atomic E-state index is 12.3. The summed E-state index contributed by atoms with van der Waals surface area (Å²) in [6, 6.07) is 9.99. The highest BCUT2D eigenvalue weighted by molar-refractivity contribution is 6.07. The molecular weight excluding hydrogens is 314 g/mol. The predicted molar refractivity (Wildman–Crippen MR) is 88.9 cm³/mol. The molecule has 0 aromatic heterocycles. The molecule has 3 nitrogen and oxygen atoms in total. The third-order valence-corrected chi connectivity index (χ3v) is 3.62. The van der Waals surface area contributed by atoms with Crippen molar-refractivity contribution >= 4 is 11.9 Å². The van der Waals surface area contributed by atoms with Crippen LogP contribution in [-0.4, -0.2) is 19.5 Å². The molecule has 0 radical (unpaired) electrons. The summed E-state index contributed by atoms with van der Waals surface area (Å²) >= 11 is 0. The Morgan fingerprint density at radius 3 is 2.42 bits per heavy atom. The van der Waals surface area contributed by atoms with Crippen molar-refractivity contribution in [3.05, 3.63) is 64.7 Å². The molecule has 0 aliphatic heterocycles. The summed E-state index contributed by atoms with van der Waals surface area (Å²) < 4.78 is 34.0. The van der Waals surface area contributed by atoms with E-state index in [2.05, 4.69) is 4.74 Å². The molecule has 0 spiro atoms. The molecular formula is C19H18F2O3. The van der Waals surface area contributed by atoms with E-state index in [9.17, 15) is 13.6 Å². The molecule has 0 aliphatic rings. The number of alkyl halides is 2. The van der Waals surface area contributed by atoms with Gasteiger partial charge in [-0.2, -0.15) is 8.78 Å². The maximum Gasteiger partial charge on any atom is 0.387 e. The number of ether oxygens (including phenoxy) is 2. The van der Waals surface area contributed by atoms with Crippen molar-refractivity contribution in [2.24, 2.45) is 0 Å². The van der Waals surface area contributed by atoms with Crippen LogP contribution in [0.15, 0.2) is 42.5 Å². The van der Waals surface area contributed by atoms with Crippen LogP contribution in [0.25, 0.3) is 6.08 Å². The molecule has 2 aromatic rings. The average Bonchev–Trinajstić information content (AvgIpc) is 2.55. The van der Waals surface area contributed by atoms with Crippen LogP contribution in [-0.2, 0) is 0 Å². The fraction of sp³-hybridized carbons (Fsp3) is 0.211. The second-order valence-electron chi connectivity index (χ2n) is 5.29. The van der Waals surface area contributed by atoms with Gasteiger partial charge < -0.3 is 9.47 Å². The molecule has 0 amide bonds. The Morgan fingerprint density at radius 1 is 1.04 bits per heavy atom. The number of carbonyl (C=O) groups is 1. The van der Waals surface area contributed by atoms with Gasteiger partial charge in [0, 0.05) is 5.56 Å². The van der Waals surface area contributed by atoms with Crippen LogP contribution in [0.5, 0.6) is 11.5 Å². The number of carbonyl (C=O) groups excluding carboxylic acids is 1. The molecule has 0 aliphatic carbocycles. The number of ketones is 1. The number of rotatable bonds is 6. The van der Waals surface area contributed by atoms with Crippen LogP contribution < -0.4 is 9.47 Å². The summed E-state index contributed by atoms with van der Waals surface area (Å²) in [4.78, 5) is 12.2. The average molecular weight is 332 g/mol. The Hall–Kier alpha value is -2.69. The standard InChI is InChI=1S/C19H18F2O3/c1-12-4-7-15(10-13(12)2)16(22)8-5-14-6-9-17(24-19(20)21)18(11-14)23-3/h4-11,19H,1-3H3/b8-5+. The lowest BCUT2D eigenvalue weighted by Gasteiger charge is -2.10. The van der Waals surface area contributed by atoms with Crippen molar-refractivity contribution in [2.75, 3.05) is 7.11 Å².